The summed E-state index contributed by atoms with van der Waals surface area (Å²) in [6.45, 7) is 2.09. The number of carbonyl (C=O) groups excluding carboxylic acids is 2. The van der Waals surface area contributed by atoms with Gasteiger partial charge in [-0.25, -0.2) is 0 Å². The third-order valence-electron chi connectivity index (χ3n) is 6.17. The van der Waals surface area contributed by atoms with Crippen LogP contribution in [0, 0.1) is 5.92 Å². The highest BCUT2D eigenvalue weighted by Crippen LogP contribution is 2.31. The first-order valence-electron chi connectivity index (χ1n) is 12.0. The van der Waals surface area contributed by atoms with Crippen molar-refractivity contribution in [3.8, 4) is 0 Å². The van der Waals surface area contributed by atoms with Crippen molar-refractivity contribution in [1.29, 1.82) is 0 Å². The van der Waals surface area contributed by atoms with Gasteiger partial charge in [-0.15, -0.1) is 0 Å². The van der Waals surface area contributed by atoms with E-state index in [9.17, 15) is 9.59 Å². The summed E-state index contributed by atoms with van der Waals surface area (Å²) in [6.07, 6.45) is 12.7. The fourth-order valence-corrected chi connectivity index (χ4v) is 4.92. The number of amides is 1. The van der Waals surface area contributed by atoms with Crippen LogP contribution in [0.3, 0.4) is 0 Å². The van der Waals surface area contributed by atoms with Crippen LogP contribution in [0.15, 0.2) is 39.8 Å². The Balaban J connectivity index is 1.57. The van der Waals surface area contributed by atoms with Gasteiger partial charge in [0.15, 0.2) is 0 Å². The van der Waals surface area contributed by atoms with Gasteiger partial charge in [0.1, 0.15) is 5.78 Å². The van der Waals surface area contributed by atoms with Crippen LogP contribution in [-0.4, -0.2) is 21.8 Å². The molecule has 1 aliphatic carbocycles. The maximum absolute atomic E-state index is 12.5. The lowest BCUT2D eigenvalue weighted by molar-refractivity contribution is -0.119. The predicted octanol–water partition coefficient (Wildman–Crippen LogP) is 6.49. The minimum absolute atomic E-state index is 0.0155. The predicted molar refractivity (Wildman–Crippen MR) is 126 cm³/mol. The summed E-state index contributed by atoms with van der Waals surface area (Å²) in [5, 5.41) is 3.89. The molecule has 1 aromatic carbocycles. The van der Waals surface area contributed by atoms with Gasteiger partial charge in [-0.1, -0.05) is 81.6 Å². The van der Waals surface area contributed by atoms with E-state index in [0.717, 1.165) is 36.5 Å². The maximum atomic E-state index is 12.5. The van der Waals surface area contributed by atoms with Gasteiger partial charge in [-0.3, -0.25) is 14.3 Å². The lowest BCUT2D eigenvalue weighted by Crippen LogP contribution is -2.17. The molecular weight excluding hydrogens is 422 g/mol. The summed E-state index contributed by atoms with van der Waals surface area (Å²) in [4.78, 5) is 30.2. The number of nitrogens with zero attached hydrogens (tertiary/aromatic N) is 2. The molecule has 174 valence electrons. The number of ketones is 1. The van der Waals surface area contributed by atoms with Gasteiger partial charge in [-0.2, -0.15) is 4.98 Å². The molecule has 1 unspecified atom stereocenters. The summed E-state index contributed by atoms with van der Waals surface area (Å²) < 4.78 is 8.21. The highest BCUT2D eigenvalue weighted by molar-refractivity contribution is 7.98. The van der Waals surface area contributed by atoms with E-state index < -0.39 is 5.91 Å². The van der Waals surface area contributed by atoms with E-state index >= 15 is 0 Å². The standard InChI is InChI=1S/C25H35N3O3S/c1-2-3-15-21(29)18-20(14-10-13-19-11-6-4-7-12-19)25-26-23(27-31-25)24(30)28-32-22-16-8-5-9-17-22/h5,8-9,16-17,19-20H,2-4,6-7,10-15,18H2,1H3,(H,28,30). The molecule has 1 atom stereocenters. The lowest BCUT2D eigenvalue weighted by atomic mass is 9.84. The SMILES string of the molecule is CCCCC(=O)CC(CCCC1CCCCC1)c1nc(C(=O)NSc2ccccc2)no1. The van der Waals surface area contributed by atoms with Crippen molar-refractivity contribution in [1.82, 2.24) is 14.9 Å². The molecule has 6 nitrogen and oxygen atoms in total. The normalized spacial score (nSPS) is 15.4. The zero-order valence-electron chi connectivity index (χ0n) is 19.1. The topological polar surface area (TPSA) is 85.1 Å². The molecule has 0 aliphatic heterocycles. The first kappa shape index (κ1) is 24.5. The average molecular weight is 458 g/mol. The van der Waals surface area contributed by atoms with Gasteiger partial charge in [0.25, 0.3) is 5.82 Å². The Morgan fingerprint density at radius 2 is 1.94 bits per heavy atom. The number of Topliss-reactive ketones (excluding diaryl/α,β-unsaturated/α-hetero) is 1. The molecule has 1 amide bonds. The number of hydrogen-bond acceptors (Lipinski definition) is 6. The Hall–Kier alpha value is -2.15. The number of rotatable bonds is 13. The van der Waals surface area contributed by atoms with Crippen LogP contribution in [0.5, 0.6) is 0 Å². The van der Waals surface area contributed by atoms with Gasteiger partial charge in [0.05, 0.1) is 0 Å². The van der Waals surface area contributed by atoms with Crippen molar-refractivity contribution >= 4 is 23.6 Å². The molecule has 0 spiro atoms. The zero-order valence-corrected chi connectivity index (χ0v) is 19.9. The minimum Gasteiger partial charge on any atom is -0.338 e. The molecule has 1 saturated carbocycles. The molecule has 0 radical (unpaired) electrons. The van der Waals surface area contributed by atoms with Crippen LogP contribution in [0.1, 0.15) is 106 Å². The highest BCUT2D eigenvalue weighted by Gasteiger charge is 2.25. The van der Waals surface area contributed by atoms with E-state index in [4.69, 9.17) is 4.52 Å². The monoisotopic (exact) mass is 457 g/mol. The van der Waals surface area contributed by atoms with Crippen molar-refractivity contribution < 1.29 is 14.1 Å². The first-order chi connectivity index (χ1) is 15.7. The van der Waals surface area contributed by atoms with Gasteiger partial charge in [0, 0.05) is 23.7 Å². The molecule has 32 heavy (non-hydrogen) atoms. The second-order valence-electron chi connectivity index (χ2n) is 8.78. The summed E-state index contributed by atoms with van der Waals surface area (Å²) in [7, 11) is 0. The molecule has 0 saturated heterocycles. The Morgan fingerprint density at radius 3 is 2.69 bits per heavy atom. The number of hydrogen-bond donors (Lipinski definition) is 1. The summed E-state index contributed by atoms with van der Waals surface area (Å²) in [6, 6.07) is 9.57. The number of nitrogens with one attached hydrogen (secondary N) is 1. The largest absolute Gasteiger partial charge is 0.338 e. The molecule has 0 bridgehead atoms. The lowest BCUT2D eigenvalue weighted by Gasteiger charge is -2.22. The quantitative estimate of drug-likeness (QED) is 0.346. The van der Waals surface area contributed by atoms with Crippen molar-refractivity contribution in [2.45, 2.75) is 94.8 Å². The molecule has 1 heterocycles. The van der Waals surface area contributed by atoms with Crippen LogP contribution in [0.2, 0.25) is 0 Å². The van der Waals surface area contributed by atoms with Crippen molar-refractivity contribution in [3.63, 3.8) is 0 Å². The number of benzene rings is 1. The molecule has 1 N–H and O–H groups in total. The van der Waals surface area contributed by atoms with Gasteiger partial charge in [-0.05, 0) is 42.8 Å². The van der Waals surface area contributed by atoms with Crippen LogP contribution in [-0.2, 0) is 4.79 Å². The van der Waals surface area contributed by atoms with Crippen LogP contribution >= 0.6 is 11.9 Å². The van der Waals surface area contributed by atoms with E-state index in [0.29, 0.717) is 18.7 Å². The van der Waals surface area contributed by atoms with Gasteiger partial charge in [0.2, 0.25) is 5.89 Å². The van der Waals surface area contributed by atoms with Crippen LogP contribution in [0.25, 0.3) is 0 Å². The fourth-order valence-electron chi connectivity index (χ4n) is 4.33. The van der Waals surface area contributed by atoms with E-state index in [1.165, 1.54) is 50.5 Å². The molecule has 7 heteroatoms. The third kappa shape index (κ3) is 8.08. The second kappa shape index (κ2) is 13.4. The van der Waals surface area contributed by atoms with Crippen molar-refractivity contribution in [3.05, 3.63) is 42.0 Å². The Labute approximate surface area is 195 Å². The summed E-state index contributed by atoms with van der Waals surface area (Å²) in [5.74, 6) is 0.957. The third-order valence-corrected chi connectivity index (χ3v) is 6.97. The van der Waals surface area contributed by atoms with E-state index in [1.807, 2.05) is 30.3 Å². The Morgan fingerprint density at radius 1 is 1.16 bits per heavy atom. The van der Waals surface area contributed by atoms with Crippen molar-refractivity contribution in [2.24, 2.45) is 5.92 Å². The smallest absolute Gasteiger partial charge is 0.302 e. The highest BCUT2D eigenvalue weighted by atomic mass is 32.2. The number of carbonyl (C=O) groups is 2. The van der Waals surface area contributed by atoms with Gasteiger partial charge >= 0.3 is 5.91 Å². The maximum Gasteiger partial charge on any atom is 0.302 e. The molecule has 3 rings (SSSR count). The second-order valence-corrected chi connectivity index (χ2v) is 9.66. The average Bonchev–Trinajstić information content (AvgIpc) is 3.32. The van der Waals surface area contributed by atoms with E-state index in [2.05, 4.69) is 21.8 Å². The summed E-state index contributed by atoms with van der Waals surface area (Å²) in [5.41, 5.74) is 0. The molecule has 2 aromatic rings. The molecular formula is C25H35N3O3S. The summed E-state index contributed by atoms with van der Waals surface area (Å²) >= 11 is 1.22. The molecule has 1 aromatic heterocycles. The molecule has 1 aliphatic rings. The van der Waals surface area contributed by atoms with E-state index in [1.54, 1.807) is 0 Å². The number of aromatic nitrogens is 2. The first-order valence-corrected chi connectivity index (χ1v) is 12.8. The van der Waals surface area contributed by atoms with Gasteiger partial charge < -0.3 is 4.52 Å². The molecule has 1 fully saturated rings. The van der Waals surface area contributed by atoms with Crippen LogP contribution in [0.4, 0.5) is 0 Å². The number of unbranched alkanes of at least 4 members (excludes halogenated alkanes) is 1. The van der Waals surface area contributed by atoms with E-state index in [-0.39, 0.29) is 17.5 Å². The fraction of sp³-hybridized carbons (Fsp3) is 0.600. The zero-order chi connectivity index (χ0) is 22.6. The Bertz CT molecular complexity index is 834. The minimum atomic E-state index is -0.396. The van der Waals surface area contributed by atoms with Crippen molar-refractivity contribution in [2.75, 3.05) is 0 Å². The Kier molecular flexibility index (Phi) is 10.3. The van der Waals surface area contributed by atoms with Crippen LogP contribution < -0.4 is 4.72 Å².